The van der Waals surface area contributed by atoms with E-state index in [1.54, 1.807) is 4.52 Å². The number of anilines is 1. The highest BCUT2D eigenvalue weighted by molar-refractivity contribution is 5.47. The van der Waals surface area contributed by atoms with Gasteiger partial charge in [-0.15, -0.1) is 0 Å². The molecular formula is C16H17N5O2. The Hall–Kier alpha value is -2.83. The van der Waals surface area contributed by atoms with Gasteiger partial charge in [-0.2, -0.15) is 14.6 Å². The molecule has 7 heteroatoms. The minimum atomic E-state index is -0.0538. The van der Waals surface area contributed by atoms with E-state index in [1.165, 1.54) is 6.33 Å². The summed E-state index contributed by atoms with van der Waals surface area (Å²) in [4.78, 5) is 10.6. The van der Waals surface area contributed by atoms with Gasteiger partial charge in [-0.1, -0.05) is 12.1 Å². The molecule has 0 amide bonds. The summed E-state index contributed by atoms with van der Waals surface area (Å²) in [5.74, 6) is 3.10. The van der Waals surface area contributed by atoms with Crippen molar-refractivity contribution in [2.24, 2.45) is 0 Å². The van der Waals surface area contributed by atoms with Gasteiger partial charge >= 0.3 is 0 Å². The van der Waals surface area contributed by atoms with Crippen LogP contribution in [0, 0.1) is 6.92 Å². The first-order chi connectivity index (χ1) is 11.2. The van der Waals surface area contributed by atoms with Crippen LogP contribution in [0.15, 0.2) is 36.7 Å². The van der Waals surface area contributed by atoms with Gasteiger partial charge in [0.1, 0.15) is 18.8 Å². The van der Waals surface area contributed by atoms with Gasteiger partial charge in [-0.3, -0.25) is 0 Å². The SMILES string of the molecule is Cc1cc(N(C)CC2COc3ccccc3O2)n2ncnc2n1. The van der Waals surface area contributed by atoms with Gasteiger partial charge in [0.15, 0.2) is 17.6 Å². The van der Waals surface area contributed by atoms with Crippen LogP contribution in [0.3, 0.4) is 0 Å². The number of benzene rings is 1. The fraction of sp³-hybridized carbons (Fsp3) is 0.312. The molecule has 1 aromatic carbocycles. The van der Waals surface area contributed by atoms with Gasteiger partial charge in [0.2, 0.25) is 0 Å². The molecule has 1 aliphatic rings. The Morgan fingerprint density at radius 3 is 3.00 bits per heavy atom. The summed E-state index contributed by atoms with van der Waals surface area (Å²) in [7, 11) is 2.00. The maximum Gasteiger partial charge on any atom is 0.254 e. The minimum Gasteiger partial charge on any atom is -0.486 e. The van der Waals surface area contributed by atoms with E-state index < -0.39 is 0 Å². The number of aryl methyl sites for hydroxylation is 1. The molecule has 0 aliphatic carbocycles. The summed E-state index contributed by atoms with van der Waals surface area (Å²) in [6.45, 7) is 3.14. The zero-order chi connectivity index (χ0) is 15.8. The Labute approximate surface area is 133 Å². The second kappa shape index (κ2) is 5.42. The molecule has 0 N–H and O–H groups in total. The molecule has 1 unspecified atom stereocenters. The summed E-state index contributed by atoms with van der Waals surface area (Å²) in [6, 6.07) is 9.71. The number of ether oxygens (including phenoxy) is 2. The molecule has 7 nitrogen and oxygen atoms in total. The van der Waals surface area contributed by atoms with E-state index in [1.807, 2.05) is 44.3 Å². The molecule has 0 spiro atoms. The lowest BCUT2D eigenvalue weighted by Crippen LogP contribution is -2.40. The molecule has 0 radical (unpaired) electrons. The number of rotatable bonds is 3. The zero-order valence-corrected chi connectivity index (χ0v) is 13.0. The van der Waals surface area contributed by atoms with Gasteiger partial charge in [0.05, 0.1) is 6.54 Å². The summed E-state index contributed by atoms with van der Waals surface area (Å²) in [5, 5.41) is 4.24. The number of likely N-dealkylation sites (N-methyl/N-ethyl adjacent to an activating group) is 1. The molecule has 118 valence electrons. The summed E-state index contributed by atoms with van der Waals surface area (Å²) < 4.78 is 13.5. The smallest absolute Gasteiger partial charge is 0.254 e. The maximum absolute atomic E-state index is 6.02. The number of nitrogens with zero attached hydrogens (tertiary/aromatic N) is 5. The third-order valence-corrected chi connectivity index (χ3v) is 3.80. The monoisotopic (exact) mass is 311 g/mol. The fourth-order valence-electron chi connectivity index (χ4n) is 2.74. The van der Waals surface area contributed by atoms with Crippen LogP contribution in [0.4, 0.5) is 5.82 Å². The normalized spacial score (nSPS) is 16.5. The molecule has 4 rings (SSSR count). The Kier molecular flexibility index (Phi) is 3.25. The summed E-state index contributed by atoms with van der Waals surface area (Å²) in [6.07, 6.45) is 1.46. The lowest BCUT2D eigenvalue weighted by Gasteiger charge is -2.30. The van der Waals surface area contributed by atoms with E-state index in [-0.39, 0.29) is 6.10 Å². The molecule has 1 aliphatic heterocycles. The molecule has 23 heavy (non-hydrogen) atoms. The molecule has 0 saturated heterocycles. The van der Waals surface area contributed by atoms with Crippen molar-refractivity contribution < 1.29 is 9.47 Å². The van der Waals surface area contributed by atoms with Gasteiger partial charge < -0.3 is 14.4 Å². The lowest BCUT2D eigenvalue weighted by molar-refractivity contribution is 0.0959. The van der Waals surface area contributed by atoms with Crippen LogP contribution >= 0.6 is 0 Å². The largest absolute Gasteiger partial charge is 0.486 e. The number of hydrogen-bond acceptors (Lipinski definition) is 6. The average molecular weight is 311 g/mol. The van der Waals surface area contributed by atoms with E-state index in [9.17, 15) is 0 Å². The Balaban J connectivity index is 1.56. The Morgan fingerprint density at radius 1 is 1.30 bits per heavy atom. The lowest BCUT2D eigenvalue weighted by atomic mass is 10.2. The molecule has 3 heterocycles. The highest BCUT2D eigenvalue weighted by Gasteiger charge is 2.23. The second-order valence-corrected chi connectivity index (χ2v) is 5.61. The van der Waals surface area contributed by atoms with E-state index in [0.717, 1.165) is 23.0 Å². The minimum absolute atomic E-state index is 0.0538. The molecule has 0 saturated carbocycles. The second-order valence-electron chi connectivity index (χ2n) is 5.61. The highest BCUT2D eigenvalue weighted by atomic mass is 16.6. The van der Waals surface area contributed by atoms with Crippen LogP contribution < -0.4 is 14.4 Å². The number of para-hydroxylation sites is 2. The van der Waals surface area contributed by atoms with Gasteiger partial charge in [0.25, 0.3) is 5.78 Å². The molecule has 0 fully saturated rings. The van der Waals surface area contributed by atoms with Crippen molar-refractivity contribution in [2.75, 3.05) is 25.1 Å². The standard InChI is InChI=1S/C16H17N5O2/c1-11-7-15(21-16(19-11)17-10-18-21)20(2)8-12-9-22-13-5-3-4-6-14(13)23-12/h3-7,10,12H,8-9H2,1-2H3. The molecule has 2 aromatic heterocycles. The molecule has 0 bridgehead atoms. The van der Waals surface area contributed by atoms with E-state index >= 15 is 0 Å². The fourth-order valence-corrected chi connectivity index (χ4v) is 2.74. The van der Waals surface area contributed by atoms with Crippen LogP contribution in [-0.4, -0.2) is 45.9 Å². The predicted molar refractivity (Wildman–Crippen MR) is 85.1 cm³/mol. The van der Waals surface area contributed by atoms with Crippen LogP contribution in [-0.2, 0) is 0 Å². The van der Waals surface area contributed by atoms with Gasteiger partial charge in [0, 0.05) is 18.8 Å². The van der Waals surface area contributed by atoms with E-state index in [4.69, 9.17) is 9.47 Å². The molecular weight excluding hydrogens is 294 g/mol. The number of aromatic nitrogens is 4. The number of fused-ring (bicyclic) bond motifs is 2. The van der Waals surface area contributed by atoms with E-state index in [2.05, 4.69) is 20.0 Å². The van der Waals surface area contributed by atoms with Gasteiger partial charge in [-0.05, 0) is 19.1 Å². The molecule has 3 aromatic rings. The quantitative estimate of drug-likeness (QED) is 0.734. The van der Waals surface area contributed by atoms with Crippen LogP contribution in [0.1, 0.15) is 5.69 Å². The van der Waals surface area contributed by atoms with Crippen LogP contribution in [0.5, 0.6) is 11.5 Å². The first-order valence-electron chi connectivity index (χ1n) is 7.48. The highest BCUT2D eigenvalue weighted by Crippen LogP contribution is 2.31. The Morgan fingerprint density at radius 2 is 2.13 bits per heavy atom. The third kappa shape index (κ3) is 2.54. The summed E-state index contributed by atoms with van der Waals surface area (Å²) in [5.41, 5.74) is 0.901. The predicted octanol–water partition coefficient (Wildman–Crippen LogP) is 1.71. The van der Waals surface area contributed by atoms with Crippen molar-refractivity contribution in [1.29, 1.82) is 0 Å². The van der Waals surface area contributed by atoms with Crippen molar-refractivity contribution in [3.05, 3.63) is 42.4 Å². The molecule has 1 atom stereocenters. The van der Waals surface area contributed by atoms with Crippen molar-refractivity contribution in [3.63, 3.8) is 0 Å². The van der Waals surface area contributed by atoms with E-state index in [0.29, 0.717) is 18.9 Å². The maximum atomic E-state index is 6.02. The van der Waals surface area contributed by atoms with Crippen molar-refractivity contribution >= 4 is 11.6 Å². The van der Waals surface area contributed by atoms with Crippen LogP contribution in [0.2, 0.25) is 0 Å². The average Bonchev–Trinajstić information content (AvgIpc) is 3.02. The van der Waals surface area contributed by atoms with Crippen molar-refractivity contribution in [1.82, 2.24) is 19.6 Å². The summed E-state index contributed by atoms with van der Waals surface area (Å²) >= 11 is 0. The van der Waals surface area contributed by atoms with Crippen LogP contribution in [0.25, 0.3) is 5.78 Å². The van der Waals surface area contributed by atoms with Crippen molar-refractivity contribution in [3.8, 4) is 11.5 Å². The topological polar surface area (TPSA) is 64.8 Å². The van der Waals surface area contributed by atoms with Crippen molar-refractivity contribution in [2.45, 2.75) is 13.0 Å². The van der Waals surface area contributed by atoms with Gasteiger partial charge in [-0.25, -0.2) is 4.98 Å². The third-order valence-electron chi connectivity index (χ3n) is 3.80. The first-order valence-corrected chi connectivity index (χ1v) is 7.48. The Bertz CT molecular complexity index is 847. The zero-order valence-electron chi connectivity index (χ0n) is 13.0. The first kappa shape index (κ1) is 13.8. The number of hydrogen-bond donors (Lipinski definition) is 0.